The minimum atomic E-state index is -2.96. The number of aromatic nitrogens is 2. The Kier molecular flexibility index (Phi) is 6.87. The highest BCUT2D eigenvalue weighted by atomic mass is 19.3. The molecule has 1 aromatic heterocycles. The Morgan fingerprint density at radius 2 is 1.65 bits per heavy atom. The van der Waals surface area contributed by atoms with Gasteiger partial charge < -0.3 is 14.4 Å². The number of halogens is 2. The van der Waals surface area contributed by atoms with Gasteiger partial charge in [-0.1, -0.05) is 54.6 Å². The highest BCUT2D eigenvalue weighted by molar-refractivity contribution is 5.94. The number of rotatable bonds is 8. The van der Waals surface area contributed by atoms with E-state index in [0.717, 1.165) is 11.3 Å². The summed E-state index contributed by atoms with van der Waals surface area (Å²) in [6, 6.07) is 25.4. The van der Waals surface area contributed by atoms with Crippen LogP contribution in [0.3, 0.4) is 0 Å². The fourth-order valence-corrected chi connectivity index (χ4v) is 3.59. The van der Waals surface area contributed by atoms with Crippen molar-refractivity contribution in [3.8, 4) is 28.4 Å². The largest absolute Gasteiger partial charge is 0.493 e. The predicted molar refractivity (Wildman–Crippen MR) is 124 cm³/mol. The van der Waals surface area contributed by atoms with Gasteiger partial charge in [-0.15, -0.1) is 0 Å². The molecule has 174 valence electrons. The lowest BCUT2D eigenvalue weighted by atomic mass is 10.1. The van der Waals surface area contributed by atoms with Gasteiger partial charge in [-0.25, -0.2) is 4.68 Å². The Morgan fingerprint density at radius 3 is 2.29 bits per heavy atom. The molecule has 6 nitrogen and oxygen atoms in total. The van der Waals surface area contributed by atoms with E-state index in [-0.39, 0.29) is 24.0 Å². The summed E-state index contributed by atoms with van der Waals surface area (Å²) in [6.07, 6.45) is 0. The molecule has 4 aromatic rings. The molecule has 0 N–H and O–H groups in total. The number of nitrogens with zero attached hydrogens (tertiary/aromatic N) is 3. The molecule has 0 unspecified atom stereocenters. The van der Waals surface area contributed by atoms with E-state index in [9.17, 15) is 13.6 Å². The van der Waals surface area contributed by atoms with Crippen molar-refractivity contribution >= 4 is 5.91 Å². The summed E-state index contributed by atoms with van der Waals surface area (Å²) in [7, 11) is 3.04. The third kappa shape index (κ3) is 5.06. The number of hydrogen-bond acceptors (Lipinski definition) is 4. The predicted octanol–water partition coefficient (Wildman–Crippen LogP) is 5.42. The normalized spacial score (nSPS) is 10.9. The summed E-state index contributed by atoms with van der Waals surface area (Å²) >= 11 is 0. The van der Waals surface area contributed by atoms with Crippen molar-refractivity contribution in [2.75, 3.05) is 14.2 Å². The van der Waals surface area contributed by atoms with Crippen LogP contribution in [0.15, 0.2) is 84.9 Å². The Labute approximate surface area is 196 Å². The van der Waals surface area contributed by atoms with Crippen molar-refractivity contribution in [2.45, 2.75) is 13.2 Å². The van der Waals surface area contributed by atoms with Crippen molar-refractivity contribution in [3.05, 3.63) is 96.2 Å². The number of amides is 1. The molecule has 3 aromatic carbocycles. The molecule has 0 aliphatic carbocycles. The average molecular weight is 463 g/mol. The minimum absolute atomic E-state index is 0.0649. The van der Waals surface area contributed by atoms with E-state index < -0.39 is 6.61 Å². The van der Waals surface area contributed by atoms with E-state index in [0.29, 0.717) is 17.0 Å². The fraction of sp³-hybridized carbons (Fsp3) is 0.154. The first-order valence-corrected chi connectivity index (χ1v) is 10.5. The van der Waals surface area contributed by atoms with Crippen LogP contribution in [0.2, 0.25) is 0 Å². The zero-order valence-electron chi connectivity index (χ0n) is 18.7. The molecule has 0 aliphatic heterocycles. The second-order valence-electron chi connectivity index (χ2n) is 7.55. The van der Waals surface area contributed by atoms with Crippen molar-refractivity contribution in [3.63, 3.8) is 0 Å². The number of hydrogen-bond donors (Lipinski definition) is 0. The van der Waals surface area contributed by atoms with Crippen molar-refractivity contribution in [2.24, 2.45) is 0 Å². The van der Waals surface area contributed by atoms with Crippen LogP contribution >= 0.6 is 0 Å². The van der Waals surface area contributed by atoms with E-state index in [1.165, 1.54) is 18.1 Å². The maximum atomic E-state index is 13.5. The Bertz CT molecular complexity index is 1260. The van der Waals surface area contributed by atoms with Gasteiger partial charge in [0.25, 0.3) is 5.91 Å². The van der Waals surface area contributed by atoms with Gasteiger partial charge in [0.15, 0.2) is 11.5 Å². The average Bonchev–Trinajstić information content (AvgIpc) is 3.31. The molecule has 0 saturated heterocycles. The molecule has 4 rings (SSSR count). The molecule has 1 heterocycles. The zero-order valence-corrected chi connectivity index (χ0v) is 18.7. The monoisotopic (exact) mass is 463 g/mol. The van der Waals surface area contributed by atoms with Gasteiger partial charge >= 0.3 is 6.61 Å². The van der Waals surface area contributed by atoms with Crippen LogP contribution in [0.25, 0.3) is 16.9 Å². The van der Waals surface area contributed by atoms with E-state index in [4.69, 9.17) is 4.74 Å². The van der Waals surface area contributed by atoms with Gasteiger partial charge in [-0.3, -0.25) is 4.79 Å². The summed E-state index contributed by atoms with van der Waals surface area (Å²) in [4.78, 5) is 15.0. The molecule has 0 spiro atoms. The van der Waals surface area contributed by atoms with Crippen LogP contribution < -0.4 is 9.47 Å². The van der Waals surface area contributed by atoms with Crippen LogP contribution in [0.5, 0.6) is 11.5 Å². The number of ether oxygens (including phenoxy) is 2. The molecule has 8 heteroatoms. The Balaban J connectivity index is 1.64. The highest BCUT2D eigenvalue weighted by Crippen LogP contribution is 2.30. The number of carbonyl (C=O) groups excluding carboxylic acids is 1. The van der Waals surface area contributed by atoms with E-state index >= 15 is 0 Å². The third-order valence-electron chi connectivity index (χ3n) is 5.21. The summed E-state index contributed by atoms with van der Waals surface area (Å²) in [5.41, 5.74) is 3.43. The number of carbonyl (C=O) groups is 1. The summed E-state index contributed by atoms with van der Waals surface area (Å²) in [6.45, 7) is -2.73. The molecule has 0 radical (unpaired) electrons. The molecule has 34 heavy (non-hydrogen) atoms. The van der Waals surface area contributed by atoms with Gasteiger partial charge in [0.2, 0.25) is 0 Å². The lowest BCUT2D eigenvalue weighted by Crippen LogP contribution is -2.28. The second-order valence-corrected chi connectivity index (χ2v) is 7.55. The van der Waals surface area contributed by atoms with E-state index in [1.54, 1.807) is 29.9 Å². The van der Waals surface area contributed by atoms with Crippen LogP contribution in [-0.2, 0) is 6.54 Å². The quantitative estimate of drug-likeness (QED) is 0.350. The van der Waals surface area contributed by atoms with Crippen LogP contribution in [0, 0.1) is 0 Å². The number of benzene rings is 3. The maximum absolute atomic E-state index is 13.5. The molecule has 0 bridgehead atoms. The molecular weight excluding hydrogens is 440 g/mol. The third-order valence-corrected chi connectivity index (χ3v) is 5.21. The summed E-state index contributed by atoms with van der Waals surface area (Å²) in [5.74, 6) is -0.144. The molecule has 0 saturated carbocycles. The summed E-state index contributed by atoms with van der Waals surface area (Å²) < 4.78 is 36.5. The zero-order chi connectivity index (χ0) is 24.1. The van der Waals surface area contributed by atoms with Gasteiger partial charge in [0.1, 0.15) is 5.69 Å². The van der Waals surface area contributed by atoms with E-state index in [1.807, 2.05) is 60.7 Å². The first-order chi connectivity index (χ1) is 16.5. The molecule has 0 atom stereocenters. The standard InChI is InChI=1S/C26H23F2N3O3/c1-30(17-18-13-14-23(34-26(27)28)24(15-18)33-2)25(32)22-16-21(19-9-5-3-6-10-19)29-31(22)20-11-7-4-8-12-20/h3-16,26H,17H2,1-2H3. The van der Waals surface area contributed by atoms with E-state index in [2.05, 4.69) is 9.84 Å². The first kappa shape index (κ1) is 23.0. The minimum Gasteiger partial charge on any atom is -0.493 e. The SMILES string of the molecule is COc1cc(CN(C)C(=O)c2cc(-c3ccccc3)nn2-c2ccccc2)ccc1OC(F)F. The van der Waals surface area contributed by atoms with Crippen LogP contribution in [0.4, 0.5) is 8.78 Å². The van der Waals surface area contributed by atoms with Crippen molar-refractivity contribution in [1.82, 2.24) is 14.7 Å². The second kappa shape index (κ2) is 10.2. The van der Waals surface area contributed by atoms with Gasteiger partial charge in [0, 0.05) is 19.2 Å². The number of para-hydroxylation sites is 1. The highest BCUT2D eigenvalue weighted by Gasteiger charge is 2.21. The van der Waals surface area contributed by atoms with Crippen LogP contribution in [-0.4, -0.2) is 41.4 Å². The Hall–Kier alpha value is -4.20. The van der Waals surface area contributed by atoms with Gasteiger partial charge in [-0.05, 0) is 35.9 Å². The molecule has 0 aliphatic rings. The van der Waals surface area contributed by atoms with Crippen LogP contribution in [0.1, 0.15) is 16.1 Å². The van der Waals surface area contributed by atoms with Crippen molar-refractivity contribution < 1.29 is 23.0 Å². The molecule has 0 fully saturated rings. The molecular formula is C26H23F2N3O3. The van der Waals surface area contributed by atoms with Gasteiger partial charge in [-0.2, -0.15) is 13.9 Å². The van der Waals surface area contributed by atoms with Gasteiger partial charge in [0.05, 0.1) is 18.5 Å². The fourth-order valence-electron chi connectivity index (χ4n) is 3.59. The number of alkyl halides is 2. The molecule has 1 amide bonds. The Morgan fingerprint density at radius 1 is 0.971 bits per heavy atom. The topological polar surface area (TPSA) is 56.6 Å². The summed E-state index contributed by atoms with van der Waals surface area (Å²) in [5, 5.41) is 4.69. The number of methoxy groups -OCH3 is 1. The smallest absolute Gasteiger partial charge is 0.387 e. The van der Waals surface area contributed by atoms with Crippen molar-refractivity contribution in [1.29, 1.82) is 0 Å². The first-order valence-electron chi connectivity index (χ1n) is 10.5. The maximum Gasteiger partial charge on any atom is 0.387 e. The lowest BCUT2D eigenvalue weighted by Gasteiger charge is -2.19. The lowest BCUT2D eigenvalue weighted by molar-refractivity contribution is -0.0512.